The van der Waals surface area contributed by atoms with E-state index >= 15 is 0 Å². The van der Waals surface area contributed by atoms with E-state index < -0.39 is 10.0 Å². The lowest BCUT2D eigenvalue weighted by Gasteiger charge is -2.10. The van der Waals surface area contributed by atoms with Crippen molar-refractivity contribution in [3.05, 3.63) is 53.5 Å². The van der Waals surface area contributed by atoms with E-state index in [1.165, 1.54) is 12.5 Å². The van der Waals surface area contributed by atoms with E-state index in [0.717, 1.165) is 16.7 Å². The normalized spacial score (nSPS) is 11.7. The molecule has 0 fully saturated rings. The lowest BCUT2D eigenvalue weighted by molar-refractivity contribution is 0.561. The maximum atomic E-state index is 12.2. The Bertz CT molecular complexity index is 664. The van der Waals surface area contributed by atoms with Crippen molar-refractivity contribution in [1.29, 1.82) is 0 Å². The van der Waals surface area contributed by atoms with Gasteiger partial charge < -0.3 is 9.73 Å². The Labute approximate surface area is 119 Å². The highest BCUT2D eigenvalue weighted by Gasteiger charge is 2.15. The van der Waals surface area contributed by atoms with Gasteiger partial charge in [0.25, 0.3) is 0 Å². The van der Waals surface area contributed by atoms with E-state index in [1.54, 1.807) is 18.2 Å². The molecule has 2 rings (SSSR count). The van der Waals surface area contributed by atoms with Crippen LogP contribution in [0.15, 0.2) is 46.1 Å². The Morgan fingerprint density at radius 2 is 2.00 bits per heavy atom. The van der Waals surface area contributed by atoms with Crippen molar-refractivity contribution >= 4 is 10.0 Å². The molecule has 0 spiro atoms. The molecule has 0 saturated heterocycles. The van der Waals surface area contributed by atoms with Crippen LogP contribution in [-0.4, -0.2) is 15.5 Å². The molecule has 20 heavy (non-hydrogen) atoms. The summed E-state index contributed by atoms with van der Waals surface area (Å²) in [6.45, 7) is 2.81. The maximum Gasteiger partial charge on any atom is 0.240 e. The summed E-state index contributed by atoms with van der Waals surface area (Å²) in [7, 11) is -1.68. The first-order valence-corrected chi connectivity index (χ1v) is 7.76. The summed E-state index contributed by atoms with van der Waals surface area (Å²) >= 11 is 0. The zero-order valence-corrected chi connectivity index (χ0v) is 12.3. The van der Waals surface area contributed by atoms with E-state index in [4.69, 9.17) is 4.42 Å². The van der Waals surface area contributed by atoms with Crippen LogP contribution in [0.2, 0.25) is 0 Å². The van der Waals surface area contributed by atoms with Gasteiger partial charge in [0.2, 0.25) is 10.0 Å². The molecule has 0 unspecified atom stereocenters. The number of sulfonamides is 1. The van der Waals surface area contributed by atoms with Gasteiger partial charge in [-0.15, -0.1) is 0 Å². The Morgan fingerprint density at radius 3 is 2.65 bits per heavy atom. The van der Waals surface area contributed by atoms with Crippen molar-refractivity contribution in [2.75, 3.05) is 7.05 Å². The van der Waals surface area contributed by atoms with Gasteiger partial charge in [0.05, 0.1) is 17.4 Å². The van der Waals surface area contributed by atoms with Gasteiger partial charge in [-0.1, -0.05) is 6.07 Å². The van der Waals surface area contributed by atoms with Crippen LogP contribution in [0.25, 0.3) is 0 Å². The average molecular weight is 294 g/mol. The van der Waals surface area contributed by atoms with Crippen LogP contribution in [0, 0.1) is 6.92 Å². The molecule has 1 aromatic carbocycles. The number of benzene rings is 1. The van der Waals surface area contributed by atoms with Gasteiger partial charge in [0.1, 0.15) is 0 Å². The number of hydrogen-bond donors (Lipinski definition) is 2. The molecule has 0 saturated carbocycles. The number of rotatable bonds is 6. The number of furan rings is 1. The van der Waals surface area contributed by atoms with E-state index in [2.05, 4.69) is 10.0 Å². The molecule has 0 aliphatic rings. The number of hydrogen-bond acceptors (Lipinski definition) is 4. The fraction of sp³-hybridized carbons (Fsp3) is 0.286. The van der Waals surface area contributed by atoms with E-state index in [0.29, 0.717) is 6.54 Å². The second-order valence-electron chi connectivity index (χ2n) is 4.57. The van der Waals surface area contributed by atoms with Gasteiger partial charge in [-0.3, -0.25) is 0 Å². The quantitative estimate of drug-likeness (QED) is 0.852. The second kappa shape index (κ2) is 6.21. The van der Waals surface area contributed by atoms with Gasteiger partial charge >= 0.3 is 0 Å². The molecule has 2 N–H and O–H groups in total. The Kier molecular flexibility index (Phi) is 4.59. The third kappa shape index (κ3) is 3.47. The third-order valence-electron chi connectivity index (χ3n) is 3.04. The molecule has 0 bridgehead atoms. The predicted molar refractivity (Wildman–Crippen MR) is 76.7 cm³/mol. The molecule has 0 amide bonds. The van der Waals surface area contributed by atoms with E-state index in [-0.39, 0.29) is 11.4 Å². The number of aryl methyl sites for hydroxylation is 1. The molecule has 5 nitrogen and oxygen atoms in total. The van der Waals surface area contributed by atoms with Crippen LogP contribution in [0.5, 0.6) is 0 Å². The minimum Gasteiger partial charge on any atom is -0.472 e. The summed E-state index contributed by atoms with van der Waals surface area (Å²) in [6.07, 6.45) is 3.03. The highest BCUT2D eigenvalue weighted by Crippen LogP contribution is 2.16. The zero-order valence-electron chi connectivity index (χ0n) is 11.5. The van der Waals surface area contributed by atoms with E-state index in [1.807, 2.05) is 20.0 Å². The van der Waals surface area contributed by atoms with Crippen molar-refractivity contribution in [2.24, 2.45) is 0 Å². The summed E-state index contributed by atoms with van der Waals surface area (Å²) in [5.74, 6) is 0. The molecule has 0 aliphatic carbocycles. The molecular weight excluding hydrogens is 276 g/mol. The fourth-order valence-electron chi connectivity index (χ4n) is 1.85. The minimum atomic E-state index is -3.51. The smallest absolute Gasteiger partial charge is 0.240 e. The molecule has 2 aromatic rings. The third-order valence-corrected chi connectivity index (χ3v) is 4.44. The molecule has 6 heteroatoms. The Hall–Kier alpha value is -1.63. The Morgan fingerprint density at radius 1 is 1.20 bits per heavy atom. The van der Waals surface area contributed by atoms with Crippen LogP contribution >= 0.6 is 0 Å². The zero-order chi connectivity index (χ0) is 14.6. The van der Waals surface area contributed by atoms with Gasteiger partial charge in [-0.25, -0.2) is 13.1 Å². The standard InChI is InChI=1S/C14H18N2O3S/c1-11-3-4-14(7-13(11)9-15-2)20(17,18)16-8-12-5-6-19-10-12/h3-7,10,15-16H,8-9H2,1-2H3. The summed E-state index contributed by atoms with van der Waals surface area (Å²) < 4.78 is 31.9. The first-order chi connectivity index (χ1) is 9.53. The van der Waals surface area contributed by atoms with Gasteiger partial charge in [-0.2, -0.15) is 0 Å². The summed E-state index contributed by atoms with van der Waals surface area (Å²) in [4.78, 5) is 0.275. The first kappa shape index (κ1) is 14.8. The fourth-order valence-corrected chi connectivity index (χ4v) is 2.92. The predicted octanol–water partition coefficient (Wildman–Crippen LogP) is 1.79. The van der Waals surface area contributed by atoms with Crippen molar-refractivity contribution in [1.82, 2.24) is 10.0 Å². The van der Waals surface area contributed by atoms with Crippen molar-refractivity contribution in [3.63, 3.8) is 0 Å². The van der Waals surface area contributed by atoms with Crippen molar-refractivity contribution in [2.45, 2.75) is 24.9 Å². The highest BCUT2D eigenvalue weighted by molar-refractivity contribution is 7.89. The largest absolute Gasteiger partial charge is 0.472 e. The average Bonchev–Trinajstić information content (AvgIpc) is 2.92. The van der Waals surface area contributed by atoms with Gasteiger partial charge in [0, 0.05) is 18.7 Å². The van der Waals surface area contributed by atoms with Crippen LogP contribution in [0.4, 0.5) is 0 Å². The van der Waals surface area contributed by atoms with Gasteiger partial charge in [-0.05, 0) is 43.3 Å². The van der Waals surface area contributed by atoms with Crippen LogP contribution < -0.4 is 10.0 Å². The Balaban J connectivity index is 2.18. The van der Waals surface area contributed by atoms with Crippen LogP contribution in [-0.2, 0) is 23.1 Å². The second-order valence-corrected chi connectivity index (χ2v) is 6.34. The topological polar surface area (TPSA) is 71.3 Å². The molecule has 1 heterocycles. The number of nitrogens with one attached hydrogen (secondary N) is 2. The van der Waals surface area contributed by atoms with Crippen molar-refractivity contribution < 1.29 is 12.8 Å². The molecule has 1 aromatic heterocycles. The van der Waals surface area contributed by atoms with Gasteiger partial charge in [0.15, 0.2) is 0 Å². The lowest BCUT2D eigenvalue weighted by atomic mass is 10.1. The molecule has 0 aliphatic heterocycles. The van der Waals surface area contributed by atoms with Crippen molar-refractivity contribution in [3.8, 4) is 0 Å². The molecule has 108 valence electrons. The molecule has 0 atom stereocenters. The summed E-state index contributed by atoms with van der Waals surface area (Å²) in [5.41, 5.74) is 2.82. The van der Waals surface area contributed by atoms with Crippen LogP contribution in [0.3, 0.4) is 0 Å². The summed E-state index contributed by atoms with van der Waals surface area (Å²) in [6, 6.07) is 6.86. The molecular formula is C14H18N2O3S. The summed E-state index contributed by atoms with van der Waals surface area (Å²) in [5, 5.41) is 3.03. The first-order valence-electron chi connectivity index (χ1n) is 6.28. The SMILES string of the molecule is CNCc1cc(S(=O)(=O)NCc2ccoc2)ccc1C. The van der Waals surface area contributed by atoms with Crippen LogP contribution in [0.1, 0.15) is 16.7 Å². The monoisotopic (exact) mass is 294 g/mol. The maximum absolute atomic E-state index is 12.2. The molecule has 0 radical (unpaired) electrons. The lowest BCUT2D eigenvalue weighted by Crippen LogP contribution is -2.23. The minimum absolute atomic E-state index is 0.216. The highest BCUT2D eigenvalue weighted by atomic mass is 32.2. The van der Waals surface area contributed by atoms with E-state index in [9.17, 15) is 8.42 Å².